The number of morpholine rings is 1. The Hall–Kier alpha value is -1.84. The lowest BCUT2D eigenvalue weighted by atomic mass is 10.2. The van der Waals surface area contributed by atoms with Gasteiger partial charge < -0.3 is 9.64 Å². The van der Waals surface area contributed by atoms with Gasteiger partial charge in [0.1, 0.15) is 0 Å². The van der Waals surface area contributed by atoms with E-state index in [2.05, 4.69) is 58.3 Å². The zero-order chi connectivity index (χ0) is 15.0. The van der Waals surface area contributed by atoms with Crippen LogP contribution in [0.2, 0.25) is 0 Å². The molecule has 0 N–H and O–H groups in total. The predicted molar refractivity (Wildman–Crippen MR) is 90.0 cm³/mol. The molecule has 2 aromatic rings. The van der Waals surface area contributed by atoms with Gasteiger partial charge in [-0.05, 0) is 23.8 Å². The highest BCUT2D eigenvalue weighted by atomic mass is 16.5. The second kappa shape index (κ2) is 7.97. The molecule has 1 radical (unpaired) electrons. The minimum atomic E-state index is 0.860. The van der Waals surface area contributed by atoms with Gasteiger partial charge in [0.2, 0.25) is 0 Å². The van der Waals surface area contributed by atoms with Crippen LogP contribution in [-0.2, 0) is 11.3 Å². The standard InChI is InChI=1S/C19H23N2O/c1-3-7-18(8-4-1)17-21(19-9-5-2-6-10-19)12-11-20-13-15-22-16-14-20/h1,3-10H,11-17H2. The Balaban J connectivity index is 1.66. The first-order valence-electron chi connectivity index (χ1n) is 7.97. The molecule has 1 aliphatic rings. The molecule has 3 nitrogen and oxygen atoms in total. The van der Waals surface area contributed by atoms with Crippen LogP contribution in [0, 0.1) is 6.07 Å². The number of nitrogens with zero attached hydrogens (tertiary/aromatic N) is 2. The van der Waals surface area contributed by atoms with Crippen molar-refractivity contribution in [3.05, 3.63) is 66.2 Å². The molecule has 0 amide bonds. The fourth-order valence-electron chi connectivity index (χ4n) is 2.78. The van der Waals surface area contributed by atoms with Crippen molar-refractivity contribution in [3.63, 3.8) is 0 Å². The van der Waals surface area contributed by atoms with Gasteiger partial charge in [-0.25, -0.2) is 0 Å². The van der Waals surface area contributed by atoms with Crippen molar-refractivity contribution >= 4 is 5.69 Å². The Labute approximate surface area is 133 Å². The molecule has 1 saturated heterocycles. The third kappa shape index (κ3) is 4.33. The van der Waals surface area contributed by atoms with Crippen molar-refractivity contribution in [2.24, 2.45) is 0 Å². The van der Waals surface area contributed by atoms with Gasteiger partial charge in [0.25, 0.3) is 0 Å². The first kappa shape index (κ1) is 15.1. The molecule has 3 heteroatoms. The van der Waals surface area contributed by atoms with E-state index in [0.29, 0.717) is 0 Å². The second-order valence-electron chi connectivity index (χ2n) is 5.62. The van der Waals surface area contributed by atoms with E-state index in [1.165, 1.54) is 11.3 Å². The molecular weight excluding hydrogens is 272 g/mol. The summed E-state index contributed by atoms with van der Waals surface area (Å²) in [7, 11) is 0. The maximum Gasteiger partial charge on any atom is 0.0594 e. The summed E-state index contributed by atoms with van der Waals surface area (Å²) in [6.45, 7) is 6.85. The molecule has 0 bridgehead atoms. The minimum absolute atomic E-state index is 0.860. The molecule has 22 heavy (non-hydrogen) atoms. The van der Waals surface area contributed by atoms with Gasteiger partial charge >= 0.3 is 0 Å². The summed E-state index contributed by atoms with van der Waals surface area (Å²) in [6.07, 6.45) is 0. The lowest BCUT2D eigenvalue weighted by molar-refractivity contribution is 0.0391. The molecule has 1 heterocycles. The van der Waals surface area contributed by atoms with Gasteiger partial charge in [0.05, 0.1) is 13.2 Å². The van der Waals surface area contributed by atoms with Gasteiger partial charge in [-0.2, -0.15) is 0 Å². The second-order valence-corrected chi connectivity index (χ2v) is 5.62. The molecule has 115 valence electrons. The maximum atomic E-state index is 5.43. The van der Waals surface area contributed by atoms with Crippen molar-refractivity contribution in [1.29, 1.82) is 0 Å². The smallest absolute Gasteiger partial charge is 0.0594 e. The summed E-state index contributed by atoms with van der Waals surface area (Å²) in [5, 5.41) is 0. The fourth-order valence-corrected chi connectivity index (χ4v) is 2.78. The predicted octanol–water partition coefficient (Wildman–Crippen LogP) is 2.83. The normalized spacial score (nSPS) is 15.6. The van der Waals surface area contributed by atoms with E-state index in [-0.39, 0.29) is 0 Å². The minimum Gasteiger partial charge on any atom is -0.379 e. The van der Waals surface area contributed by atoms with Crippen molar-refractivity contribution < 1.29 is 4.74 Å². The van der Waals surface area contributed by atoms with Crippen molar-refractivity contribution in [2.45, 2.75) is 6.54 Å². The van der Waals surface area contributed by atoms with E-state index < -0.39 is 0 Å². The molecular formula is C19H23N2O. The number of rotatable bonds is 6. The van der Waals surface area contributed by atoms with Crippen molar-refractivity contribution in [3.8, 4) is 0 Å². The summed E-state index contributed by atoms with van der Waals surface area (Å²) in [5.41, 5.74) is 2.60. The number of ether oxygens (including phenoxy) is 1. The van der Waals surface area contributed by atoms with Crippen LogP contribution in [0.3, 0.4) is 0 Å². The average molecular weight is 295 g/mol. The zero-order valence-electron chi connectivity index (χ0n) is 12.9. The number of hydrogen-bond acceptors (Lipinski definition) is 3. The van der Waals surface area contributed by atoms with Crippen LogP contribution in [-0.4, -0.2) is 44.3 Å². The molecule has 0 unspecified atom stereocenters. The van der Waals surface area contributed by atoms with Crippen LogP contribution < -0.4 is 4.90 Å². The third-order valence-electron chi connectivity index (χ3n) is 4.07. The highest BCUT2D eigenvalue weighted by Gasteiger charge is 2.13. The molecule has 1 aliphatic heterocycles. The largest absolute Gasteiger partial charge is 0.379 e. The molecule has 2 aromatic carbocycles. The molecule has 0 spiro atoms. The van der Waals surface area contributed by atoms with Crippen LogP contribution >= 0.6 is 0 Å². The van der Waals surface area contributed by atoms with Crippen LogP contribution in [0.1, 0.15) is 5.56 Å². The first-order chi connectivity index (χ1) is 10.9. The van der Waals surface area contributed by atoms with Crippen molar-refractivity contribution in [1.82, 2.24) is 4.90 Å². The quantitative estimate of drug-likeness (QED) is 0.815. The molecule has 0 atom stereocenters. The summed E-state index contributed by atoms with van der Waals surface area (Å²) in [6, 6.07) is 22.0. The molecule has 0 aliphatic carbocycles. The van der Waals surface area contributed by atoms with Crippen LogP contribution in [0.25, 0.3) is 0 Å². The van der Waals surface area contributed by atoms with Gasteiger partial charge in [-0.3, -0.25) is 4.90 Å². The van der Waals surface area contributed by atoms with E-state index in [1.807, 2.05) is 12.1 Å². The molecule has 0 aromatic heterocycles. The summed E-state index contributed by atoms with van der Waals surface area (Å²) < 4.78 is 5.43. The number of benzene rings is 2. The summed E-state index contributed by atoms with van der Waals surface area (Å²) in [4.78, 5) is 4.93. The first-order valence-corrected chi connectivity index (χ1v) is 7.97. The third-order valence-corrected chi connectivity index (χ3v) is 4.07. The highest BCUT2D eigenvalue weighted by Crippen LogP contribution is 2.16. The zero-order valence-corrected chi connectivity index (χ0v) is 12.9. The van der Waals surface area contributed by atoms with Crippen LogP contribution in [0.15, 0.2) is 54.6 Å². The Morgan fingerprint density at radius 3 is 2.45 bits per heavy atom. The lowest BCUT2D eigenvalue weighted by Crippen LogP contribution is -2.41. The van der Waals surface area contributed by atoms with E-state index in [1.54, 1.807) is 0 Å². The van der Waals surface area contributed by atoms with Gasteiger partial charge in [-0.15, -0.1) is 0 Å². The van der Waals surface area contributed by atoms with Crippen LogP contribution in [0.4, 0.5) is 5.69 Å². The van der Waals surface area contributed by atoms with E-state index >= 15 is 0 Å². The maximum absolute atomic E-state index is 5.43. The van der Waals surface area contributed by atoms with Gasteiger partial charge in [0, 0.05) is 38.4 Å². The van der Waals surface area contributed by atoms with Gasteiger partial charge in [0.15, 0.2) is 0 Å². The Morgan fingerprint density at radius 1 is 1.00 bits per heavy atom. The molecule has 3 rings (SSSR count). The fraction of sp³-hybridized carbons (Fsp3) is 0.368. The Kier molecular flexibility index (Phi) is 5.46. The number of hydrogen-bond donors (Lipinski definition) is 0. The van der Waals surface area contributed by atoms with E-state index in [9.17, 15) is 0 Å². The van der Waals surface area contributed by atoms with E-state index in [0.717, 1.165) is 45.9 Å². The van der Waals surface area contributed by atoms with Crippen LogP contribution in [0.5, 0.6) is 0 Å². The highest BCUT2D eigenvalue weighted by molar-refractivity contribution is 5.46. The van der Waals surface area contributed by atoms with E-state index in [4.69, 9.17) is 4.74 Å². The lowest BCUT2D eigenvalue weighted by Gasteiger charge is -2.31. The SMILES string of the molecule is [c]1ccc(N(CCN2CCOCC2)Cc2ccccc2)cc1. The molecule has 0 saturated carbocycles. The topological polar surface area (TPSA) is 15.7 Å². The monoisotopic (exact) mass is 295 g/mol. The van der Waals surface area contributed by atoms with Gasteiger partial charge in [-0.1, -0.05) is 42.5 Å². The summed E-state index contributed by atoms with van der Waals surface area (Å²) in [5.74, 6) is 0. The Bertz CT molecular complexity index is 538. The number of anilines is 1. The molecule has 1 fully saturated rings. The summed E-state index contributed by atoms with van der Waals surface area (Å²) >= 11 is 0. The Morgan fingerprint density at radius 2 is 1.73 bits per heavy atom. The van der Waals surface area contributed by atoms with Crippen molar-refractivity contribution in [2.75, 3.05) is 44.3 Å². The average Bonchev–Trinajstić information content (AvgIpc) is 2.61.